The van der Waals surface area contributed by atoms with Gasteiger partial charge in [-0.2, -0.15) is 0 Å². The molecule has 0 bridgehead atoms. The molecule has 4 aromatic rings. The van der Waals surface area contributed by atoms with Crippen molar-refractivity contribution in [3.63, 3.8) is 0 Å². The van der Waals surface area contributed by atoms with Crippen molar-refractivity contribution in [1.29, 1.82) is 0 Å². The molecule has 3 N–H and O–H groups in total. The molecule has 0 atom stereocenters. The standard InChI is InChI=1S/C46H53F2N5O7S/c1-45(2,3)60-44(58)49-25-38(54)52-20-21-53(46(4,5)27-52)26-29-10-9-11-31(22-29)40(55)51-42-39(34-12-7-8-13-37(34)61-42)41(56)50-32-23-35(47)33(36(48)24-32)19-16-28-14-17-30(18-15-28)43(57)59-6/h9-11,14-15,17-18,22-24H,7-8,12-13,16,19-21,25-27H2,1-6H3,(H,49,58)(H,50,56)(H,51,55). The number of fused-ring (bicyclic) bond motifs is 1. The lowest BCUT2D eigenvalue weighted by Crippen LogP contribution is -2.61. The van der Waals surface area contributed by atoms with E-state index in [1.165, 1.54) is 18.4 Å². The van der Waals surface area contributed by atoms with Crippen LogP contribution < -0.4 is 16.0 Å². The lowest BCUT2D eigenvalue weighted by atomic mass is 9.95. The van der Waals surface area contributed by atoms with Gasteiger partial charge in [-0.3, -0.25) is 19.3 Å². The number of halogens is 2. The molecule has 15 heteroatoms. The highest BCUT2D eigenvalue weighted by molar-refractivity contribution is 7.17. The predicted octanol–water partition coefficient (Wildman–Crippen LogP) is 7.93. The smallest absolute Gasteiger partial charge is 0.408 e. The molecular formula is C46H53F2N5O7S. The zero-order valence-electron chi connectivity index (χ0n) is 35.5. The van der Waals surface area contributed by atoms with Crippen molar-refractivity contribution >= 4 is 51.8 Å². The molecule has 1 saturated heterocycles. The zero-order chi connectivity index (χ0) is 44.1. The number of carbonyl (C=O) groups excluding carboxylic acids is 5. The number of thiophene rings is 1. The van der Waals surface area contributed by atoms with Gasteiger partial charge in [0.15, 0.2) is 0 Å². The van der Waals surface area contributed by atoms with Crippen LogP contribution >= 0.6 is 11.3 Å². The van der Waals surface area contributed by atoms with Gasteiger partial charge in [-0.15, -0.1) is 11.3 Å². The summed E-state index contributed by atoms with van der Waals surface area (Å²) in [5, 5.41) is 8.57. The number of carbonyl (C=O) groups is 5. The lowest BCUT2D eigenvalue weighted by molar-refractivity contribution is -0.135. The van der Waals surface area contributed by atoms with Gasteiger partial charge in [-0.1, -0.05) is 24.3 Å². The molecule has 6 rings (SSSR count). The van der Waals surface area contributed by atoms with Crippen molar-refractivity contribution in [2.45, 2.75) is 90.8 Å². The number of piperazine rings is 1. The third kappa shape index (κ3) is 11.4. The predicted molar refractivity (Wildman–Crippen MR) is 230 cm³/mol. The Bertz CT molecular complexity index is 2280. The number of ether oxygens (including phenoxy) is 2. The first kappa shape index (κ1) is 44.9. The molecule has 0 saturated carbocycles. The Hall–Kier alpha value is -5.67. The van der Waals surface area contributed by atoms with Crippen molar-refractivity contribution in [3.8, 4) is 0 Å². The van der Waals surface area contributed by atoms with Crippen molar-refractivity contribution in [3.05, 3.63) is 116 Å². The summed E-state index contributed by atoms with van der Waals surface area (Å²) in [5.74, 6) is -3.24. The SMILES string of the molecule is COC(=O)c1ccc(CCc2c(F)cc(NC(=O)c3c(NC(=O)c4cccc(CN5CCN(C(=O)CNC(=O)OC(C)(C)C)CC5(C)C)c4)sc4c3CCCC4)cc2F)cc1. The van der Waals surface area contributed by atoms with Gasteiger partial charge in [0.2, 0.25) is 5.91 Å². The fraction of sp³-hybridized carbons (Fsp3) is 0.413. The number of nitrogens with one attached hydrogen (secondary N) is 3. The van der Waals surface area contributed by atoms with Crippen LogP contribution in [0.2, 0.25) is 0 Å². The Morgan fingerprint density at radius 3 is 2.21 bits per heavy atom. The van der Waals surface area contributed by atoms with Crippen LogP contribution in [0.4, 0.5) is 24.3 Å². The largest absolute Gasteiger partial charge is 0.465 e. The van der Waals surface area contributed by atoms with E-state index >= 15 is 8.78 Å². The molecule has 0 unspecified atom stereocenters. The molecular weight excluding hydrogens is 805 g/mol. The van der Waals surface area contributed by atoms with Crippen molar-refractivity contribution in [2.75, 3.05) is 43.9 Å². The second-order valence-electron chi connectivity index (χ2n) is 17.0. The van der Waals surface area contributed by atoms with Crippen LogP contribution in [0.15, 0.2) is 60.7 Å². The monoisotopic (exact) mass is 857 g/mol. The van der Waals surface area contributed by atoms with Crippen LogP contribution in [-0.2, 0) is 46.5 Å². The number of benzene rings is 3. The molecule has 1 aromatic heterocycles. The summed E-state index contributed by atoms with van der Waals surface area (Å²) in [6.07, 6.45) is 2.94. The number of alkyl carbamates (subject to hydrolysis) is 1. The van der Waals surface area contributed by atoms with Crippen molar-refractivity contribution in [2.24, 2.45) is 0 Å². The first-order valence-corrected chi connectivity index (χ1v) is 21.2. The first-order chi connectivity index (χ1) is 28.9. The number of methoxy groups -OCH3 is 1. The molecule has 2 aliphatic rings. The number of hydrogen-bond donors (Lipinski definition) is 3. The van der Waals surface area contributed by atoms with Gasteiger partial charge >= 0.3 is 12.1 Å². The summed E-state index contributed by atoms with van der Waals surface area (Å²) < 4.78 is 40.7. The average Bonchev–Trinajstić information content (AvgIpc) is 3.57. The van der Waals surface area contributed by atoms with Gasteiger partial charge < -0.3 is 30.3 Å². The van der Waals surface area contributed by atoms with E-state index in [2.05, 4.69) is 20.9 Å². The number of aryl methyl sites for hydroxylation is 2. The number of rotatable bonds is 12. The van der Waals surface area contributed by atoms with Crippen LogP contribution in [0.5, 0.6) is 0 Å². The van der Waals surface area contributed by atoms with Gasteiger partial charge in [-0.25, -0.2) is 18.4 Å². The van der Waals surface area contributed by atoms with Gasteiger partial charge in [-0.05, 0) is 126 Å². The zero-order valence-corrected chi connectivity index (χ0v) is 36.3. The highest BCUT2D eigenvalue weighted by Crippen LogP contribution is 2.39. The van der Waals surface area contributed by atoms with E-state index in [9.17, 15) is 24.0 Å². The molecule has 324 valence electrons. The molecule has 0 radical (unpaired) electrons. The van der Waals surface area contributed by atoms with Crippen LogP contribution in [0.1, 0.15) is 106 Å². The topological polar surface area (TPSA) is 146 Å². The quantitative estimate of drug-likeness (QED) is 0.122. The summed E-state index contributed by atoms with van der Waals surface area (Å²) >= 11 is 1.35. The summed E-state index contributed by atoms with van der Waals surface area (Å²) in [4.78, 5) is 69.5. The Balaban J connectivity index is 1.10. The van der Waals surface area contributed by atoms with E-state index < -0.39 is 46.7 Å². The second-order valence-corrected chi connectivity index (χ2v) is 18.1. The maximum atomic E-state index is 15.4. The minimum Gasteiger partial charge on any atom is -0.465 e. The van der Waals surface area contributed by atoms with E-state index in [4.69, 9.17) is 9.47 Å². The molecule has 0 spiro atoms. The van der Waals surface area contributed by atoms with Crippen LogP contribution in [0, 0.1) is 11.6 Å². The number of amides is 4. The third-order valence-electron chi connectivity index (χ3n) is 10.8. The molecule has 1 aliphatic carbocycles. The fourth-order valence-electron chi connectivity index (χ4n) is 7.67. The molecule has 12 nitrogen and oxygen atoms in total. The number of esters is 1. The highest BCUT2D eigenvalue weighted by atomic mass is 32.1. The maximum Gasteiger partial charge on any atom is 0.408 e. The molecule has 1 aliphatic heterocycles. The highest BCUT2D eigenvalue weighted by Gasteiger charge is 2.36. The Morgan fingerprint density at radius 2 is 1.54 bits per heavy atom. The summed E-state index contributed by atoms with van der Waals surface area (Å²) in [7, 11) is 1.29. The van der Waals surface area contributed by atoms with E-state index in [0.717, 1.165) is 53.0 Å². The van der Waals surface area contributed by atoms with E-state index in [1.54, 1.807) is 62.1 Å². The summed E-state index contributed by atoms with van der Waals surface area (Å²) in [6, 6.07) is 16.1. The fourth-order valence-corrected chi connectivity index (χ4v) is 8.95. The molecule has 4 amide bonds. The Kier molecular flexibility index (Phi) is 13.9. The van der Waals surface area contributed by atoms with Crippen molar-refractivity contribution < 1.29 is 42.2 Å². The van der Waals surface area contributed by atoms with E-state index in [0.29, 0.717) is 60.7 Å². The maximum absolute atomic E-state index is 15.4. The Labute approximate surface area is 359 Å². The molecule has 61 heavy (non-hydrogen) atoms. The number of nitrogens with zero attached hydrogens (tertiary/aromatic N) is 2. The van der Waals surface area contributed by atoms with E-state index in [1.807, 2.05) is 26.0 Å². The number of hydrogen-bond acceptors (Lipinski definition) is 9. The van der Waals surface area contributed by atoms with E-state index in [-0.39, 0.29) is 30.1 Å². The van der Waals surface area contributed by atoms with Crippen LogP contribution in [0.25, 0.3) is 0 Å². The van der Waals surface area contributed by atoms with Crippen molar-refractivity contribution in [1.82, 2.24) is 15.1 Å². The first-order valence-electron chi connectivity index (χ1n) is 20.4. The van der Waals surface area contributed by atoms with Gasteiger partial charge in [0.1, 0.15) is 28.8 Å². The van der Waals surface area contributed by atoms with Crippen LogP contribution in [-0.4, -0.2) is 84.0 Å². The Morgan fingerprint density at radius 1 is 0.836 bits per heavy atom. The minimum absolute atomic E-state index is 0.0440. The van der Waals surface area contributed by atoms with Crippen LogP contribution in [0.3, 0.4) is 0 Å². The summed E-state index contributed by atoms with van der Waals surface area (Å²) in [6.45, 7) is 11.2. The number of anilines is 2. The molecule has 2 heterocycles. The van der Waals surface area contributed by atoms with Gasteiger partial charge in [0, 0.05) is 53.4 Å². The molecule has 3 aromatic carbocycles. The van der Waals surface area contributed by atoms with Gasteiger partial charge in [0.25, 0.3) is 11.8 Å². The second kappa shape index (κ2) is 18.9. The average molecular weight is 858 g/mol. The lowest BCUT2D eigenvalue weighted by Gasteiger charge is -2.47. The third-order valence-corrected chi connectivity index (χ3v) is 12.0. The minimum atomic E-state index is -0.798. The van der Waals surface area contributed by atoms with Gasteiger partial charge in [0.05, 0.1) is 18.2 Å². The summed E-state index contributed by atoms with van der Waals surface area (Å²) in [5.41, 5.74) is 2.32. The normalized spacial score (nSPS) is 15.0. The molecule has 1 fully saturated rings.